The largest absolute Gasteiger partial charge is 0.333 e. The molecule has 3 rings (SSSR count). The molecule has 7 heteroatoms. The Morgan fingerprint density at radius 2 is 2.05 bits per heavy atom. The Bertz CT molecular complexity index is 789. The first-order valence-corrected chi connectivity index (χ1v) is 8.14. The Kier molecular flexibility index (Phi) is 4.25. The monoisotopic (exact) mass is 333 g/mol. The minimum atomic E-state index is 0.452. The van der Waals surface area contributed by atoms with Gasteiger partial charge in [0, 0.05) is 9.92 Å². The van der Waals surface area contributed by atoms with Crippen LogP contribution in [0.25, 0.3) is 10.8 Å². The number of halogens is 1. The first-order chi connectivity index (χ1) is 10.2. The van der Waals surface area contributed by atoms with E-state index in [1.54, 1.807) is 17.8 Å². The number of thiophene rings is 1. The zero-order valence-corrected chi connectivity index (χ0v) is 13.0. The van der Waals surface area contributed by atoms with Gasteiger partial charge in [-0.3, -0.25) is 0 Å². The molecule has 0 bridgehead atoms. The van der Waals surface area contributed by atoms with Crippen LogP contribution in [-0.2, 0) is 5.75 Å². The number of nitrogens with zero attached hydrogens (tertiary/aromatic N) is 3. The fourth-order valence-corrected chi connectivity index (χ4v) is 3.20. The van der Waals surface area contributed by atoms with Gasteiger partial charge in [0.2, 0.25) is 0 Å². The van der Waals surface area contributed by atoms with E-state index in [0.29, 0.717) is 27.4 Å². The quantitative estimate of drug-likeness (QED) is 0.652. The van der Waals surface area contributed by atoms with Crippen LogP contribution in [0.15, 0.2) is 45.8 Å². The van der Waals surface area contributed by atoms with E-state index >= 15 is 0 Å². The van der Waals surface area contributed by atoms with Gasteiger partial charge in [0.25, 0.3) is 5.89 Å². The number of benzene rings is 1. The van der Waals surface area contributed by atoms with Gasteiger partial charge in [-0.1, -0.05) is 16.8 Å². The van der Waals surface area contributed by atoms with Crippen LogP contribution in [0.4, 0.5) is 0 Å². The lowest BCUT2D eigenvalue weighted by atomic mass is 10.4. The number of nitriles is 1. The maximum Gasteiger partial charge on any atom is 0.268 e. The van der Waals surface area contributed by atoms with E-state index in [4.69, 9.17) is 21.4 Å². The van der Waals surface area contributed by atoms with Crippen molar-refractivity contribution in [3.8, 4) is 16.8 Å². The highest BCUT2D eigenvalue weighted by atomic mass is 35.5. The second-order valence-corrected chi connectivity index (χ2v) is 6.60. The van der Waals surface area contributed by atoms with Crippen molar-refractivity contribution in [2.45, 2.75) is 10.6 Å². The highest BCUT2D eigenvalue weighted by Gasteiger charge is 2.11. The van der Waals surface area contributed by atoms with E-state index in [9.17, 15) is 0 Å². The van der Waals surface area contributed by atoms with Crippen molar-refractivity contribution in [2.24, 2.45) is 0 Å². The Morgan fingerprint density at radius 1 is 1.24 bits per heavy atom. The van der Waals surface area contributed by atoms with Gasteiger partial charge in [0.1, 0.15) is 10.9 Å². The summed E-state index contributed by atoms with van der Waals surface area (Å²) in [5.41, 5.74) is 0. The third kappa shape index (κ3) is 3.45. The molecule has 0 aliphatic carbocycles. The molecule has 4 nitrogen and oxygen atoms in total. The fourth-order valence-electron chi connectivity index (χ4n) is 1.60. The third-order valence-corrected chi connectivity index (χ3v) is 4.81. The van der Waals surface area contributed by atoms with Crippen LogP contribution in [0.1, 0.15) is 10.7 Å². The zero-order chi connectivity index (χ0) is 14.7. The lowest BCUT2D eigenvalue weighted by Crippen LogP contribution is -1.83. The van der Waals surface area contributed by atoms with Gasteiger partial charge < -0.3 is 4.52 Å². The molecule has 0 fully saturated rings. The second-order valence-electron chi connectivity index (χ2n) is 4.03. The van der Waals surface area contributed by atoms with Crippen molar-refractivity contribution in [2.75, 3.05) is 0 Å². The van der Waals surface area contributed by atoms with Crippen molar-refractivity contribution >= 4 is 34.7 Å². The molecule has 0 spiro atoms. The fraction of sp³-hybridized carbons (Fsp3) is 0.0714. The van der Waals surface area contributed by atoms with Crippen LogP contribution >= 0.6 is 34.7 Å². The number of thioether (sulfide) groups is 1. The molecular weight excluding hydrogens is 326 g/mol. The molecule has 3 aromatic rings. The number of rotatable bonds is 4. The molecule has 0 saturated carbocycles. The Balaban J connectivity index is 1.68. The van der Waals surface area contributed by atoms with E-state index in [2.05, 4.69) is 16.2 Å². The molecule has 0 amide bonds. The van der Waals surface area contributed by atoms with E-state index in [0.717, 1.165) is 9.77 Å². The average molecular weight is 334 g/mol. The van der Waals surface area contributed by atoms with Gasteiger partial charge in [0.15, 0.2) is 5.82 Å². The normalized spacial score (nSPS) is 10.5. The summed E-state index contributed by atoms with van der Waals surface area (Å²) in [5, 5.41) is 13.5. The molecular formula is C14H8ClN3OS2. The summed E-state index contributed by atoms with van der Waals surface area (Å²) >= 11 is 8.79. The second kappa shape index (κ2) is 6.31. The summed E-state index contributed by atoms with van der Waals surface area (Å²) in [6.07, 6.45) is 0. The zero-order valence-electron chi connectivity index (χ0n) is 10.6. The van der Waals surface area contributed by atoms with Crippen molar-refractivity contribution in [1.82, 2.24) is 10.1 Å². The van der Waals surface area contributed by atoms with E-state index < -0.39 is 0 Å². The Hall–Kier alpha value is -1.81. The summed E-state index contributed by atoms with van der Waals surface area (Å²) in [7, 11) is 0. The highest BCUT2D eigenvalue weighted by molar-refractivity contribution is 7.98. The van der Waals surface area contributed by atoms with Crippen LogP contribution < -0.4 is 0 Å². The lowest BCUT2D eigenvalue weighted by molar-refractivity contribution is 0.426. The molecule has 0 N–H and O–H groups in total. The Morgan fingerprint density at radius 3 is 2.76 bits per heavy atom. The molecule has 0 aliphatic rings. The van der Waals surface area contributed by atoms with Gasteiger partial charge in [-0.2, -0.15) is 10.2 Å². The van der Waals surface area contributed by atoms with Gasteiger partial charge in [-0.15, -0.1) is 23.1 Å². The van der Waals surface area contributed by atoms with Gasteiger partial charge in [0.05, 0.1) is 10.6 Å². The molecule has 0 saturated heterocycles. The van der Waals surface area contributed by atoms with Crippen LogP contribution in [0.5, 0.6) is 0 Å². The smallest absolute Gasteiger partial charge is 0.268 e. The van der Waals surface area contributed by atoms with Crippen LogP contribution in [0, 0.1) is 11.3 Å². The summed E-state index contributed by atoms with van der Waals surface area (Å²) in [5.74, 6) is 1.69. The van der Waals surface area contributed by atoms with E-state index in [1.165, 1.54) is 11.3 Å². The van der Waals surface area contributed by atoms with Crippen LogP contribution in [0.3, 0.4) is 0 Å². The molecule has 0 atom stereocenters. The van der Waals surface area contributed by atoms with Gasteiger partial charge >= 0.3 is 0 Å². The predicted molar refractivity (Wildman–Crippen MR) is 83.3 cm³/mol. The third-order valence-electron chi connectivity index (χ3n) is 2.58. The molecule has 0 aliphatic heterocycles. The topological polar surface area (TPSA) is 62.7 Å². The van der Waals surface area contributed by atoms with Crippen LogP contribution in [0.2, 0.25) is 5.02 Å². The molecule has 0 unspecified atom stereocenters. The minimum absolute atomic E-state index is 0.452. The van der Waals surface area contributed by atoms with Gasteiger partial charge in [-0.05, 0) is 36.4 Å². The molecule has 0 radical (unpaired) electrons. The first kappa shape index (κ1) is 14.1. The summed E-state index contributed by atoms with van der Waals surface area (Å²) in [6.45, 7) is 0. The number of aromatic nitrogens is 2. The highest BCUT2D eigenvalue weighted by Crippen LogP contribution is 2.28. The van der Waals surface area contributed by atoms with E-state index in [1.807, 2.05) is 30.3 Å². The maximum atomic E-state index is 8.81. The minimum Gasteiger partial charge on any atom is -0.333 e. The molecule has 104 valence electrons. The van der Waals surface area contributed by atoms with Crippen molar-refractivity contribution in [3.05, 3.63) is 52.1 Å². The van der Waals surface area contributed by atoms with Crippen LogP contribution in [-0.4, -0.2) is 10.1 Å². The molecule has 2 heterocycles. The first-order valence-electron chi connectivity index (χ1n) is 5.96. The summed E-state index contributed by atoms with van der Waals surface area (Å²) in [6, 6.07) is 13.2. The lowest BCUT2D eigenvalue weighted by Gasteiger charge is -1.97. The average Bonchev–Trinajstić information content (AvgIpc) is 3.15. The van der Waals surface area contributed by atoms with Crippen molar-refractivity contribution in [3.63, 3.8) is 0 Å². The summed E-state index contributed by atoms with van der Waals surface area (Å²) < 4.78 is 5.22. The number of hydrogen-bond donors (Lipinski definition) is 0. The van der Waals surface area contributed by atoms with E-state index in [-0.39, 0.29) is 0 Å². The standard InChI is InChI=1S/C14H8ClN3OS2/c15-9-1-3-10(4-2-9)20-8-13-17-14(19-18-13)12-6-5-11(7-16)21-12/h1-6H,8H2. The van der Waals surface area contributed by atoms with Crippen molar-refractivity contribution < 1.29 is 4.52 Å². The Labute approximate surface area is 134 Å². The molecule has 2 aromatic heterocycles. The van der Waals surface area contributed by atoms with Gasteiger partial charge in [-0.25, -0.2) is 0 Å². The maximum absolute atomic E-state index is 8.81. The SMILES string of the molecule is N#Cc1ccc(-c2nc(CSc3ccc(Cl)cc3)no2)s1. The molecule has 1 aromatic carbocycles. The predicted octanol–water partition coefficient (Wildman–Crippen LogP) is 4.62. The molecule has 21 heavy (non-hydrogen) atoms. The number of hydrogen-bond acceptors (Lipinski definition) is 6. The summed E-state index contributed by atoms with van der Waals surface area (Å²) in [4.78, 5) is 6.86. The van der Waals surface area contributed by atoms with Crippen molar-refractivity contribution in [1.29, 1.82) is 5.26 Å².